The summed E-state index contributed by atoms with van der Waals surface area (Å²) in [6.45, 7) is 7.72. The fourth-order valence-corrected chi connectivity index (χ4v) is 0.685. The molecular weight excluding hydrogens is 142 g/mol. The molecule has 0 rings (SSSR count). The van der Waals surface area contributed by atoms with Crippen LogP contribution >= 0.6 is 0 Å². The Labute approximate surface area is 68.8 Å². The second-order valence-electron chi connectivity index (χ2n) is 2.88. The molecule has 3 heteroatoms. The van der Waals surface area contributed by atoms with Crippen LogP contribution in [0.15, 0.2) is 0 Å². The minimum absolute atomic E-state index is 0.377. The van der Waals surface area contributed by atoms with E-state index in [1.54, 1.807) is 0 Å². The molecule has 68 valence electrons. The van der Waals surface area contributed by atoms with Crippen LogP contribution in [0.1, 0.15) is 20.8 Å². The standard InChI is InChI=1S/C8H19NO2/c1-4-11-6-8(10)5-9-7(2)3/h7-10H,4-6H2,1-3H3. The lowest BCUT2D eigenvalue weighted by molar-refractivity contribution is 0.0419. The van der Waals surface area contributed by atoms with Crippen molar-refractivity contribution in [2.45, 2.75) is 32.9 Å². The molecule has 1 unspecified atom stereocenters. The van der Waals surface area contributed by atoms with Crippen LogP contribution in [0.25, 0.3) is 0 Å². The summed E-state index contributed by atoms with van der Waals surface area (Å²) >= 11 is 0. The minimum atomic E-state index is -0.377. The molecule has 0 aliphatic rings. The van der Waals surface area contributed by atoms with Crippen molar-refractivity contribution in [1.29, 1.82) is 0 Å². The lowest BCUT2D eigenvalue weighted by Crippen LogP contribution is -2.34. The summed E-state index contributed by atoms with van der Waals surface area (Å²) in [7, 11) is 0. The normalized spacial score (nSPS) is 13.9. The number of rotatable bonds is 6. The molecule has 0 aromatic rings. The van der Waals surface area contributed by atoms with Crippen LogP contribution in [0.3, 0.4) is 0 Å². The van der Waals surface area contributed by atoms with E-state index in [2.05, 4.69) is 5.32 Å². The van der Waals surface area contributed by atoms with E-state index in [1.807, 2.05) is 20.8 Å². The van der Waals surface area contributed by atoms with Gasteiger partial charge in [0.15, 0.2) is 0 Å². The maximum Gasteiger partial charge on any atom is 0.0897 e. The van der Waals surface area contributed by atoms with Crippen LogP contribution in [0.5, 0.6) is 0 Å². The Kier molecular flexibility index (Phi) is 6.51. The van der Waals surface area contributed by atoms with Gasteiger partial charge >= 0.3 is 0 Å². The second kappa shape index (κ2) is 6.58. The topological polar surface area (TPSA) is 41.5 Å². The number of aliphatic hydroxyl groups excluding tert-OH is 1. The molecule has 0 aromatic carbocycles. The predicted molar refractivity (Wildman–Crippen MR) is 45.6 cm³/mol. The summed E-state index contributed by atoms with van der Waals surface area (Å²) < 4.78 is 5.04. The van der Waals surface area contributed by atoms with Crippen LogP contribution in [0.2, 0.25) is 0 Å². The molecular formula is C8H19NO2. The van der Waals surface area contributed by atoms with Gasteiger partial charge in [0.05, 0.1) is 12.7 Å². The van der Waals surface area contributed by atoms with Gasteiger partial charge in [-0.25, -0.2) is 0 Å². The van der Waals surface area contributed by atoms with E-state index in [4.69, 9.17) is 4.74 Å². The molecule has 0 spiro atoms. The predicted octanol–water partition coefficient (Wildman–Crippen LogP) is 0.382. The SMILES string of the molecule is CCOCC(O)CNC(C)C. The zero-order chi connectivity index (χ0) is 8.69. The zero-order valence-electron chi connectivity index (χ0n) is 7.63. The summed E-state index contributed by atoms with van der Waals surface area (Å²) in [6, 6.07) is 0.422. The molecule has 0 fully saturated rings. The van der Waals surface area contributed by atoms with Crippen molar-refractivity contribution in [3.63, 3.8) is 0 Å². The van der Waals surface area contributed by atoms with E-state index in [0.717, 1.165) is 0 Å². The fourth-order valence-electron chi connectivity index (χ4n) is 0.685. The Morgan fingerprint density at radius 1 is 1.45 bits per heavy atom. The Balaban J connectivity index is 3.15. The first-order valence-corrected chi connectivity index (χ1v) is 4.16. The van der Waals surface area contributed by atoms with Crippen LogP contribution in [0, 0.1) is 0 Å². The van der Waals surface area contributed by atoms with Crippen LogP contribution in [-0.2, 0) is 4.74 Å². The molecule has 1 atom stereocenters. The van der Waals surface area contributed by atoms with Crippen molar-refractivity contribution < 1.29 is 9.84 Å². The smallest absolute Gasteiger partial charge is 0.0897 e. The van der Waals surface area contributed by atoms with Gasteiger partial charge in [0.2, 0.25) is 0 Å². The zero-order valence-corrected chi connectivity index (χ0v) is 7.63. The number of aliphatic hydroxyl groups is 1. The molecule has 0 saturated heterocycles. The number of ether oxygens (including phenoxy) is 1. The molecule has 0 heterocycles. The molecule has 11 heavy (non-hydrogen) atoms. The van der Waals surface area contributed by atoms with Gasteiger partial charge in [-0.15, -0.1) is 0 Å². The van der Waals surface area contributed by atoms with Gasteiger partial charge in [-0.3, -0.25) is 0 Å². The monoisotopic (exact) mass is 161 g/mol. The molecule has 0 bridgehead atoms. The van der Waals surface area contributed by atoms with Crippen molar-refractivity contribution in [1.82, 2.24) is 5.32 Å². The average molecular weight is 161 g/mol. The third kappa shape index (κ3) is 7.78. The first-order chi connectivity index (χ1) is 5.16. The molecule has 0 aromatic heterocycles. The molecule has 0 amide bonds. The lowest BCUT2D eigenvalue weighted by atomic mass is 10.3. The summed E-state index contributed by atoms with van der Waals surface area (Å²) in [4.78, 5) is 0. The Morgan fingerprint density at radius 3 is 2.55 bits per heavy atom. The molecule has 3 nitrogen and oxygen atoms in total. The quantitative estimate of drug-likeness (QED) is 0.592. The first kappa shape index (κ1) is 10.9. The Hall–Kier alpha value is -0.120. The molecule has 0 radical (unpaired) electrons. The highest BCUT2D eigenvalue weighted by Gasteiger charge is 2.03. The minimum Gasteiger partial charge on any atom is -0.389 e. The molecule has 0 aliphatic heterocycles. The van der Waals surface area contributed by atoms with Crippen LogP contribution < -0.4 is 5.32 Å². The van der Waals surface area contributed by atoms with Gasteiger partial charge in [0.25, 0.3) is 0 Å². The van der Waals surface area contributed by atoms with Crippen LogP contribution in [0.4, 0.5) is 0 Å². The van der Waals surface area contributed by atoms with E-state index in [-0.39, 0.29) is 6.10 Å². The summed E-state index contributed by atoms with van der Waals surface area (Å²) in [5.41, 5.74) is 0. The highest BCUT2D eigenvalue weighted by Crippen LogP contribution is 1.85. The molecule has 0 saturated carbocycles. The van der Waals surface area contributed by atoms with Crippen molar-refractivity contribution in [2.24, 2.45) is 0 Å². The average Bonchev–Trinajstić information content (AvgIpc) is 1.97. The maximum atomic E-state index is 9.24. The number of hydrogen-bond donors (Lipinski definition) is 2. The van der Waals surface area contributed by atoms with E-state index < -0.39 is 0 Å². The van der Waals surface area contributed by atoms with Gasteiger partial charge in [0.1, 0.15) is 0 Å². The number of nitrogens with one attached hydrogen (secondary N) is 1. The Bertz CT molecular complexity index is 86.2. The van der Waals surface area contributed by atoms with E-state index in [9.17, 15) is 5.11 Å². The maximum absolute atomic E-state index is 9.24. The van der Waals surface area contributed by atoms with Crippen molar-refractivity contribution in [3.05, 3.63) is 0 Å². The largest absolute Gasteiger partial charge is 0.389 e. The third-order valence-corrected chi connectivity index (χ3v) is 1.28. The highest BCUT2D eigenvalue weighted by atomic mass is 16.5. The van der Waals surface area contributed by atoms with E-state index >= 15 is 0 Å². The van der Waals surface area contributed by atoms with Crippen molar-refractivity contribution in [2.75, 3.05) is 19.8 Å². The Morgan fingerprint density at radius 2 is 2.09 bits per heavy atom. The van der Waals surface area contributed by atoms with Crippen molar-refractivity contribution in [3.8, 4) is 0 Å². The summed E-state index contributed by atoms with van der Waals surface area (Å²) in [5, 5.41) is 12.4. The van der Waals surface area contributed by atoms with Crippen molar-refractivity contribution >= 4 is 0 Å². The van der Waals surface area contributed by atoms with Gasteiger partial charge in [-0.1, -0.05) is 13.8 Å². The van der Waals surface area contributed by atoms with E-state index in [0.29, 0.717) is 25.8 Å². The molecule has 2 N–H and O–H groups in total. The van der Waals surface area contributed by atoms with Gasteiger partial charge in [-0.05, 0) is 6.92 Å². The van der Waals surface area contributed by atoms with Crippen LogP contribution in [-0.4, -0.2) is 37.0 Å². The highest BCUT2D eigenvalue weighted by molar-refractivity contribution is 4.60. The lowest BCUT2D eigenvalue weighted by Gasteiger charge is -2.13. The number of hydrogen-bond acceptors (Lipinski definition) is 3. The van der Waals surface area contributed by atoms with Gasteiger partial charge < -0.3 is 15.2 Å². The second-order valence-corrected chi connectivity index (χ2v) is 2.88. The first-order valence-electron chi connectivity index (χ1n) is 4.16. The van der Waals surface area contributed by atoms with Gasteiger partial charge in [0, 0.05) is 19.2 Å². The third-order valence-electron chi connectivity index (χ3n) is 1.28. The molecule has 0 aliphatic carbocycles. The van der Waals surface area contributed by atoms with E-state index in [1.165, 1.54) is 0 Å². The summed E-state index contributed by atoms with van der Waals surface area (Å²) in [6.07, 6.45) is -0.377. The summed E-state index contributed by atoms with van der Waals surface area (Å²) in [5.74, 6) is 0. The fraction of sp³-hybridized carbons (Fsp3) is 1.00. The van der Waals surface area contributed by atoms with Gasteiger partial charge in [-0.2, -0.15) is 0 Å².